The molecule has 1 N–H and O–H groups in total. The maximum atomic E-state index is 12.2. The van der Waals surface area contributed by atoms with Gasteiger partial charge in [-0.3, -0.25) is 9.59 Å². The monoisotopic (exact) mass is 277 g/mol. The number of amides is 2. The Morgan fingerprint density at radius 1 is 1.53 bits per heavy atom. The molecule has 1 aliphatic heterocycles. The third kappa shape index (κ3) is 2.54. The molecule has 0 aliphatic carbocycles. The number of carbonyl (C=O) groups excluding carboxylic acids is 2. The van der Waals surface area contributed by atoms with Gasteiger partial charge in [0.25, 0.3) is 5.91 Å². The van der Waals surface area contributed by atoms with Gasteiger partial charge in [-0.25, -0.2) is 0 Å². The second-order valence-electron chi connectivity index (χ2n) is 4.19. The Bertz CT molecular complexity index is 553. The van der Waals surface area contributed by atoms with Crippen LogP contribution in [0, 0.1) is 11.3 Å². The molecular weight excluding hydrogens is 266 g/mol. The summed E-state index contributed by atoms with van der Waals surface area (Å²) in [4.78, 5) is 23.8. The lowest BCUT2D eigenvalue weighted by atomic mass is 10.1. The van der Waals surface area contributed by atoms with E-state index in [1.165, 1.54) is 4.90 Å². The summed E-state index contributed by atoms with van der Waals surface area (Å²) in [5.41, 5.74) is 1.18. The molecule has 0 spiro atoms. The first-order chi connectivity index (χ1) is 9.19. The third-order valence-corrected chi connectivity index (χ3v) is 3.27. The minimum atomic E-state index is -0.600. The predicted molar refractivity (Wildman–Crippen MR) is 69.5 cm³/mol. The third-order valence-electron chi connectivity index (χ3n) is 3.04. The number of halogens is 1. The van der Waals surface area contributed by atoms with Crippen molar-refractivity contribution in [3.8, 4) is 6.07 Å². The lowest BCUT2D eigenvalue weighted by Gasteiger charge is -2.19. The van der Waals surface area contributed by atoms with Crippen LogP contribution in [0.4, 0.5) is 0 Å². The number of rotatable bonds is 5. The zero-order valence-corrected chi connectivity index (χ0v) is 10.9. The summed E-state index contributed by atoms with van der Waals surface area (Å²) >= 11 is 5.90. The minimum Gasteiger partial charge on any atom is -0.359 e. The summed E-state index contributed by atoms with van der Waals surface area (Å²) in [7, 11) is 0. The average Bonchev–Trinajstić information content (AvgIpc) is 2.66. The summed E-state index contributed by atoms with van der Waals surface area (Å²) in [6, 6.07) is 6.47. The second kappa shape index (κ2) is 5.72. The Morgan fingerprint density at radius 2 is 2.32 bits per heavy atom. The molecule has 5 nitrogen and oxygen atoms in total. The lowest BCUT2D eigenvalue weighted by molar-refractivity contribution is -0.109. The molecule has 1 aliphatic rings. The molecule has 0 saturated carbocycles. The predicted octanol–water partition coefficient (Wildman–Crippen LogP) is 1.50. The van der Waals surface area contributed by atoms with Crippen LogP contribution in [0.5, 0.6) is 0 Å². The fourth-order valence-electron chi connectivity index (χ4n) is 2.17. The quantitative estimate of drug-likeness (QED) is 0.655. The topological polar surface area (TPSA) is 73.2 Å². The van der Waals surface area contributed by atoms with Crippen LogP contribution in [-0.2, 0) is 4.79 Å². The van der Waals surface area contributed by atoms with E-state index in [1.54, 1.807) is 18.2 Å². The first-order valence-corrected chi connectivity index (χ1v) is 6.24. The van der Waals surface area contributed by atoms with Gasteiger partial charge in [-0.1, -0.05) is 11.6 Å². The van der Waals surface area contributed by atoms with Crippen LogP contribution in [-0.4, -0.2) is 30.3 Å². The van der Waals surface area contributed by atoms with Crippen molar-refractivity contribution in [1.29, 1.82) is 5.26 Å². The lowest BCUT2D eigenvalue weighted by Crippen LogP contribution is -2.30. The molecule has 0 fully saturated rings. The van der Waals surface area contributed by atoms with Gasteiger partial charge in [0.1, 0.15) is 6.04 Å². The van der Waals surface area contributed by atoms with E-state index in [9.17, 15) is 14.9 Å². The van der Waals surface area contributed by atoms with Crippen LogP contribution >= 0.6 is 11.6 Å². The number of benzene rings is 1. The van der Waals surface area contributed by atoms with Crippen LogP contribution in [0.1, 0.15) is 28.4 Å². The van der Waals surface area contributed by atoms with E-state index in [1.807, 2.05) is 0 Å². The first-order valence-electron chi connectivity index (χ1n) is 5.86. The van der Waals surface area contributed by atoms with Crippen molar-refractivity contribution in [2.45, 2.75) is 12.5 Å². The van der Waals surface area contributed by atoms with Crippen molar-refractivity contribution >= 4 is 23.9 Å². The first kappa shape index (κ1) is 13.4. The van der Waals surface area contributed by atoms with E-state index in [-0.39, 0.29) is 5.91 Å². The maximum absolute atomic E-state index is 12.2. The van der Waals surface area contributed by atoms with Gasteiger partial charge in [-0.2, -0.15) is 5.26 Å². The molecule has 0 radical (unpaired) electrons. The molecule has 1 aromatic carbocycles. The normalized spacial score (nSPS) is 16.9. The smallest absolute Gasteiger partial charge is 0.255 e. The minimum absolute atomic E-state index is 0.163. The van der Waals surface area contributed by atoms with E-state index in [2.05, 4.69) is 11.4 Å². The SMILES string of the molecule is N#CC1c2cc(Cl)ccc2C(=O)N1CCCNC=O. The number of fused-ring (bicyclic) bond motifs is 1. The Morgan fingerprint density at radius 3 is 3.00 bits per heavy atom. The molecule has 1 heterocycles. The van der Waals surface area contributed by atoms with Gasteiger partial charge < -0.3 is 10.2 Å². The van der Waals surface area contributed by atoms with Crippen molar-refractivity contribution in [3.05, 3.63) is 34.3 Å². The molecule has 1 unspecified atom stereocenters. The van der Waals surface area contributed by atoms with Crippen molar-refractivity contribution in [2.75, 3.05) is 13.1 Å². The summed E-state index contributed by atoms with van der Waals surface area (Å²) < 4.78 is 0. The maximum Gasteiger partial charge on any atom is 0.255 e. The van der Waals surface area contributed by atoms with Gasteiger partial charge in [-0.05, 0) is 24.6 Å². The summed E-state index contributed by atoms with van der Waals surface area (Å²) in [5.74, 6) is -0.163. The van der Waals surface area contributed by atoms with Crippen LogP contribution in [0.3, 0.4) is 0 Å². The number of hydrogen-bond acceptors (Lipinski definition) is 3. The van der Waals surface area contributed by atoms with Crippen LogP contribution in [0.2, 0.25) is 5.02 Å². The standard InChI is InChI=1S/C13H12ClN3O2/c14-9-2-3-10-11(6-9)12(7-15)17(13(10)19)5-1-4-16-8-18/h2-3,6,8,12H,1,4-5H2,(H,16,18). The Labute approximate surface area is 115 Å². The van der Waals surface area contributed by atoms with Crippen LogP contribution in [0.25, 0.3) is 0 Å². The molecule has 98 valence electrons. The second-order valence-corrected chi connectivity index (χ2v) is 4.62. The van der Waals surface area contributed by atoms with E-state index in [4.69, 9.17) is 11.6 Å². The average molecular weight is 278 g/mol. The zero-order chi connectivity index (χ0) is 13.8. The molecule has 0 bridgehead atoms. The zero-order valence-electron chi connectivity index (χ0n) is 10.1. The van der Waals surface area contributed by atoms with Crippen LogP contribution < -0.4 is 5.32 Å². The summed E-state index contributed by atoms with van der Waals surface area (Å²) in [6.45, 7) is 0.896. The highest BCUT2D eigenvalue weighted by molar-refractivity contribution is 6.30. The van der Waals surface area contributed by atoms with E-state index >= 15 is 0 Å². The van der Waals surface area contributed by atoms with Gasteiger partial charge in [0, 0.05) is 29.2 Å². The summed E-state index contributed by atoms with van der Waals surface area (Å²) in [6.07, 6.45) is 1.21. The van der Waals surface area contributed by atoms with Gasteiger partial charge >= 0.3 is 0 Å². The highest BCUT2D eigenvalue weighted by atomic mass is 35.5. The van der Waals surface area contributed by atoms with Gasteiger partial charge in [0.15, 0.2) is 0 Å². The Hall–Kier alpha value is -2.06. The molecule has 2 rings (SSSR count). The van der Waals surface area contributed by atoms with Gasteiger partial charge in [0.2, 0.25) is 6.41 Å². The van der Waals surface area contributed by atoms with Crippen molar-refractivity contribution < 1.29 is 9.59 Å². The Balaban J connectivity index is 2.17. The fourth-order valence-corrected chi connectivity index (χ4v) is 2.36. The molecular formula is C13H12ClN3O2. The fraction of sp³-hybridized carbons (Fsp3) is 0.308. The Kier molecular flexibility index (Phi) is 4.03. The molecule has 19 heavy (non-hydrogen) atoms. The molecule has 1 aromatic rings. The largest absolute Gasteiger partial charge is 0.359 e. The van der Waals surface area contributed by atoms with Crippen molar-refractivity contribution in [2.24, 2.45) is 0 Å². The van der Waals surface area contributed by atoms with Crippen molar-refractivity contribution in [1.82, 2.24) is 10.2 Å². The van der Waals surface area contributed by atoms with Crippen LogP contribution in [0.15, 0.2) is 18.2 Å². The number of carbonyl (C=O) groups is 2. The highest BCUT2D eigenvalue weighted by Gasteiger charge is 2.36. The van der Waals surface area contributed by atoms with E-state index in [0.29, 0.717) is 42.1 Å². The molecule has 2 amide bonds. The van der Waals surface area contributed by atoms with Gasteiger partial charge in [0.05, 0.1) is 6.07 Å². The van der Waals surface area contributed by atoms with E-state index in [0.717, 1.165) is 0 Å². The highest BCUT2D eigenvalue weighted by Crippen LogP contribution is 2.34. The number of nitriles is 1. The van der Waals surface area contributed by atoms with Crippen molar-refractivity contribution in [3.63, 3.8) is 0 Å². The van der Waals surface area contributed by atoms with Gasteiger partial charge in [-0.15, -0.1) is 0 Å². The summed E-state index contributed by atoms with van der Waals surface area (Å²) in [5, 5.41) is 12.3. The molecule has 1 atom stereocenters. The number of nitrogens with zero attached hydrogens (tertiary/aromatic N) is 2. The molecule has 0 saturated heterocycles. The number of nitrogens with one attached hydrogen (secondary N) is 1. The molecule has 6 heteroatoms. The number of hydrogen-bond donors (Lipinski definition) is 1. The molecule has 0 aromatic heterocycles. The van der Waals surface area contributed by atoms with E-state index < -0.39 is 6.04 Å².